The van der Waals surface area contributed by atoms with Gasteiger partial charge in [0.15, 0.2) is 0 Å². The molecule has 25 heavy (non-hydrogen) atoms. The number of aryl methyl sites for hydroxylation is 1. The molecule has 1 aromatic heterocycles. The molecule has 0 aliphatic rings. The van der Waals surface area contributed by atoms with Crippen LogP contribution in [0.25, 0.3) is 21.8 Å². The summed E-state index contributed by atoms with van der Waals surface area (Å²) >= 11 is 0. The number of fused-ring (bicyclic) bond motifs is 2. The summed E-state index contributed by atoms with van der Waals surface area (Å²) in [5, 5.41) is 2.37. The standard InChI is InChI=1S/C22H22N2O/c1-2-8-22-23-19-12-5-6-13-20(19)24(22)15-16-25-21-14-7-10-17-9-3-4-11-18(17)21/h3-7,9-14H,2,8,15-16H2,1H3. The van der Waals surface area contributed by atoms with E-state index < -0.39 is 0 Å². The molecular weight excluding hydrogens is 308 g/mol. The summed E-state index contributed by atoms with van der Waals surface area (Å²) in [6.45, 7) is 3.63. The molecule has 4 rings (SSSR count). The molecule has 3 heteroatoms. The van der Waals surface area contributed by atoms with Gasteiger partial charge in [-0.1, -0.05) is 55.5 Å². The van der Waals surface area contributed by atoms with E-state index in [1.165, 1.54) is 10.9 Å². The van der Waals surface area contributed by atoms with E-state index in [1.54, 1.807) is 0 Å². The van der Waals surface area contributed by atoms with E-state index in [0.29, 0.717) is 6.61 Å². The highest BCUT2D eigenvalue weighted by molar-refractivity contribution is 5.88. The summed E-state index contributed by atoms with van der Waals surface area (Å²) in [7, 11) is 0. The molecule has 126 valence electrons. The molecule has 0 N–H and O–H groups in total. The van der Waals surface area contributed by atoms with Gasteiger partial charge in [-0.15, -0.1) is 0 Å². The van der Waals surface area contributed by atoms with Crippen LogP contribution in [0.4, 0.5) is 0 Å². The Balaban J connectivity index is 1.57. The lowest BCUT2D eigenvalue weighted by Gasteiger charge is -2.12. The van der Waals surface area contributed by atoms with Crippen LogP contribution in [0.2, 0.25) is 0 Å². The smallest absolute Gasteiger partial charge is 0.127 e. The van der Waals surface area contributed by atoms with Crippen LogP contribution in [0.3, 0.4) is 0 Å². The van der Waals surface area contributed by atoms with Crippen molar-refractivity contribution in [2.75, 3.05) is 6.61 Å². The summed E-state index contributed by atoms with van der Waals surface area (Å²) in [5.74, 6) is 2.09. The van der Waals surface area contributed by atoms with Crippen LogP contribution in [0, 0.1) is 0 Å². The summed E-state index contributed by atoms with van der Waals surface area (Å²) in [6, 6.07) is 22.9. The molecule has 0 aliphatic carbocycles. The SMILES string of the molecule is CCCc1nc2ccccc2n1CCOc1cccc2ccccc12. The minimum Gasteiger partial charge on any atom is -0.491 e. The summed E-state index contributed by atoms with van der Waals surface area (Å²) in [6.07, 6.45) is 2.08. The zero-order valence-corrected chi connectivity index (χ0v) is 14.5. The van der Waals surface area contributed by atoms with Gasteiger partial charge in [0, 0.05) is 11.8 Å². The maximum Gasteiger partial charge on any atom is 0.127 e. The van der Waals surface area contributed by atoms with Crippen LogP contribution in [0.5, 0.6) is 5.75 Å². The maximum atomic E-state index is 6.13. The molecule has 0 radical (unpaired) electrons. The lowest BCUT2D eigenvalue weighted by atomic mass is 10.1. The lowest BCUT2D eigenvalue weighted by molar-refractivity contribution is 0.301. The summed E-state index contributed by atoms with van der Waals surface area (Å²) in [4.78, 5) is 4.79. The molecule has 0 unspecified atom stereocenters. The van der Waals surface area contributed by atoms with E-state index in [1.807, 2.05) is 18.2 Å². The maximum absolute atomic E-state index is 6.13. The fraction of sp³-hybridized carbons (Fsp3) is 0.227. The van der Waals surface area contributed by atoms with Crippen molar-refractivity contribution in [1.29, 1.82) is 0 Å². The van der Waals surface area contributed by atoms with Crippen molar-refractivity contribution in [3.8, 4) is 5.75 Å². The average molecular weight is 330 g/mol. The Bertz CT molecular complexity index is 998. The van der Waals surface area contributed by atoms with Crippen molar-refractivity contribution in [3.05, 3.63) is 72.6 Å². The first-order valence-corrected chi connectivity index (χ1v) is 8.91. The molecule has 3 aromatic carbocycles. The van der Waals surface area contributed by atoms with Gasteiger partial charge in [0.1, 0.15) is 18.2 Å². The van der Waals surface area contributed by atoms with Gasteiger partial charge in [-0.2, -0.15) is 0 Å². The van der Waals surface area contributed by atoms with E-state index in [4.69, 9.17) is 9.72 Å². The Labute approximate surface area is 147 Å². The zero-order chi connectivity index (χ0) is 17.1. The number of imidazole rings is 1. The highest BCUT2D eigenvalue weighted by Crippen LogP contribution is 2.25. The van der Waals surface area contributed by atoms with Crippen molar-refractivity contribution < 1.29 is 4.74 Å². The molecule has 0 saturated heterocycles. The Morgan fingerprint density at radius 3 is 2.64 bits per heavy atom. The molecule has 0 spiro atoms. The average Bonchev–Trinajstić information content (AvgIpc) is 3.00. The molecule has 0 fully saturated rings. The van der Waals surface area contributed by atoms with Gasteiger partial charge in [0.2, 0.25) is 0 Å². The van der Waals surface area contributed by atoms with Crippen molar-refractivity contribution >= 4 is 21.8 Å². The number of rotatable bonds is 6. The van der Waals surface area contributed by atoms with Gasteiger partial charge in [0.05, 0.1) is 17.6 Å². The van der Waals surface area contributed by atoms with Crippen LogP contribution in [0.15, 0.2) is 66.7 Å². The van der Waals surface area contributed by atoms with Crippen LogP contribution in [-0.2, 0) is 13.0 Å². The predicted molar refractivity (Wildman–Crippen MR) is 103 cm³/mol. The van der Waals surface area contributed by atoms with E-state index >= 15 is 0 Å². The van der Waals surface area contributed by atoms with E-state index in [9.17, 15) is 0 Å². The van der Waals surface area contributed by atoms with E-state index in [2.05, 4.69) is 60.0 Å². The Hall–Kier alpha value is -2.81. The van der Waals surface area contributed by atoms with Crippen LogP contribution in [-0.4, -0.2) is 16.2 Å². The number of hydrogen-bond donors (Lipinski definition) is 0. The Morgan fingerprint density at radius 1 is 0.920 bits per heavy atom. The second kappa shape index (κ2) is 6.98. The highest BCUT2D eigenvalue weighted by Gasteiger charge is 2.10. The third-order valence-corrected chi connectivity index (χ3v) is 4.53. The minimum absolute atomic E-state index is 0.630. The summed E-state index contributed by atoms with van der Waals surface area (Å²) < 4.78 is 8.42. The molecule has 4 aromatic rings. The molecule has 3 nitrogen and oxygen atoms in total. The monoisotopic (exact) mass is 330 g/mol. The number of nitrogens with zero attached hydrogens (tertiary/aromatic N) is 2. The summed E-state index contributed by atoms with van der Waals surface area (Å²) in [5.41, 5.74) is 2.25. The fourth-order valence-electron chi connectivity index (χ4n) is 3.36. The van der Waals surface area contributed by atoms with Gasteiger partial charge >= 0.3 is 0 Å². The minimum atomic E-state index is 0.630. The second-order valence-electron chi connectivity index (χ2n) is 6.24. The van der Waals surface area contributed by atoms with Gasteiger partial charge in [-0.05, 0) is 30.0 Å². The molecule has 0 amide bonds. The topological polar surface area (TPSA) is 27.1 Å². The molecular formula is C22H22N2O. The van der Waals surface area contributed by atoms with Crippen molar-refractivity contribution in [2.45, 2.75) is 26.3 Å². The van der Waals surface area contributed by atoms with Crippen molar-refractivity contribution in [3.63, 3.8) is 0 Å². The van der Waals surface area contributed by atoms with Crippen molar-refractivity contribution in [2.24, 2.45) is 0 Å². The molecule has 0 aliphatic heterocycles. The van der Waals surface area contributed by atoms with E-state index in [0.717, 1.165) is 41.9 Å². The Morgan fingerprint density at radius 2 is 1.72 bits per heavy atom. The highest BCUT2D eigenvalue weighted by atomic mass is 16.5. The van der Waals surface area contributed by atoms with Crippen LogP contribution < -0.4 is 4.74 Å². The predicted octanol–water partition coefficient (Wildman–Crippen LogP) is 5.22. The van der Waals surface area contributed by atoms with Gasteiger partial charge < -0.3 is 9.30 Å². The third kappa shape index (κ3) is 3.10. The Kier molecular flexibility index (Phi) is 4.38. The largest absolute Gasteiger partial charge is 0.491 e. The fourth-order valence-corrected chi connectivity index (χ4v) is 3.36. The first-order valence-electron chi connectivity index (χ1n) is 8.91. The quantitative estimate of drug-likeness (QED) is 0.484. The van der Waals surface area contributed by atoms with Gasteiger partial charge in [-0.3, -0.25) is 0 Å². The van der Waals surface area contributed by atoms with Gasteiger partial charge in [-0.25, -0.2) is 4.98 Å². The number of aromatic nitrogens is 2. The lowest BCUT2D eigenvalue weighted by Crippen LogP contribution is -2.11. The zero-order valence-electron chi connectivity index (χ0n) is 14.5. The normalized spacial score (nSPS) is 11.2. The van der Waals surface area contributed by atoms with Crippen LogP contribution >= 0.6 is 0 Å². The van der Waals surface area contributed by atoms with E-state index in [-0.39, 0.29) is 0 Å². The third-order valence-electron chi connectivity index (χ3n) is 4.53. The molecule has 1 heterocycles. The van der Waals surface area contributed by atoms with Crippen LogP contribution in [0.1, 0.15) is 19.2 Å². The number of para-hydroxylation sites is 2. The molecule has 0 bridgehead atoms. The number of hydrogen-bond acceptors (Lipinski definition) is 2. The molecule has 0 atom stereocenters. The number of ether oxygens (including phenoxy) is 1. The number of benzene rings is 3. The second-order valence-corrected chi connectivity index (χ2v) is 6.24. The first-order chi connectivity index (χ1) is 12.4. The molecule has 0 saturated carbocycles. The first kappa shape index (κ1) is 15.7. The van der Waals surface area contributed by atoms with Crippen molar-refractivity contribution in [1.82, 2.24) is 9.55 Å². The van der Waals surface area contributed by atoms with Gasteiger partial charge in [0.25, 0.3) is 0 Å².